The van der Waals surface area contributed by atoms with Gasteiger partial charge in [0, 0.05) is 36.5 Å². The van der Waals surface area contributed by atoms with Gasteiger partial charge in [0.2, 0.25) is 5.89 Å². The maximum Gasteiger partial charge on any atom is 0.268 e. The summed E-state index contributed by atoms with van der Waals surface area (Å²) in [4.78, 5) is 21.6. The Hall–Kier alpha value is -3.69. The molecule has 3 aromatic heterocycles. The molecule has 4 aromatic rings. The Morgan fingerprint density at radius 2 is 1.88 bits per heavy atom. The molecule has 1 aliphatic heterocycles. The zero-order valence-corrected chi connectivity index (χ0v) is 18.5. The van der Waals surface area contributed by atoms with Crippen LogP contribution in [0.25, 0.3) is 34.3 Å². The Labute approximate surface area is 190 Å². The molecule has 1 aliphatic rings. The van der Waals surface area contributed by atoms with Crippen LogP contribution in [0.3, 0.4) is 0 Å². The first kappa shape index (κ1) is 21.2. The average molecular weight is 444 g/mol. The van der Waals surface area contributed by atoms with Crippen LogP contribution in [0, 0.1) is 6.92 Å². The molecule has 1 aromatic carbocycles. The molecule has 5 rings (SSSR count). The first-order valence-corrected chi connectivity index (χ1v) is 10.8. The van der Waals surface area contributed by atoms with Crippen molar-refractivity contribution >= 4 is 0 Å². The topological polar surface area (TPSA) is 108 Å². The van der Waals surface area contributed by atoms with Gasteiger partial charge in [-0.2, -0.15) is 0 Å². The van der Waals surface area contributed by atoms with Crippen LogP contribution in [0.2, 0.25) is 0 Å². The van der Waals surface area contributed by atoms with E-state index in [0.29, 0.717) is 42.1 Å². The van der Waals surface area contributed by atoms with Crippen LogP contribution in [0.5, 0.6) is 0 Å². The number of rotatable bonds is 6. The van der Waals surface area contributed by atoms with E-state index >= 15 is 0 Å². The van der Waals surface area contributed by atoms with Crippen LogP contribution < -0.4 is 10.9 Å². The summed E-state index contributed by atoms with van der Waals surface area (Å²) >= 11 is 0. The lowest BCUT2D eigenvalue weighted by atomic mass is 10.1. The summed E-state index contributed by atoms with van der Waals surface area (Å²) in [7, 11) is 1.91. The molecule has 168 valence electrons. The highest BCUT2D eigenvalue weighted by molar-refractivity contribution is 5.63. The highest BCUT2D eigenvalue weighted by atomic mass is 16.5. The van der Waals surface area contributed by atoms with Crippen LogP contribution in [0.15, 0.2) is 58.0 Å². The Morgan fingerprint density at radius 3 is 2.64 bits per heavy atom. The number of aromatic nitrogens is 5. The van der Waals surface area contributed by atoms with Gasteiger partial charge in [-0.3, -0.25) is 9.78 Å². The number of hydrogen-bond acceptors (Lipinski definition) is 8. The molecule has 1 fully saturated rings. The summed E-state index contributed by atoms with van der Waals surface area (Å²) in [5, 5.41) is 11.5. The van der Waals surface area contributed by atoms with Crippen molar-refractivity contribution in [2.24, 2.45) is 0 Å². The second-order valence-corrected chi connectivity index (χ2v) is 8.01. The van der Waals surface area contributed by atoms with Gasteiger partial charge in [-0.1, -0.05) is 12.1 Å². The summed E-state index contributed by atoms with van der Waals surface area (Å²) in [5.41, 5.74) is 4.55. The molecular weight excluding hydrogens is 420 g/mol. The van der Waals surface area contributed by atoms with Gasteiger partial charge in [0.15, 0.2) is 0 Å². The molecular formula is C24H24N6O3. The van der Waals surface area contributed by atoms with E-state index in [2.05, 4.69) is 20.5 Å². The van der Waals surface area contributed by atoms with Gasteiger partial charge in [0.25, 0.3) is 11.4 Å². The number of nitrogens with one attached hydrogen (secondary N) is 1. The minimum absolute atomic E-state index is 0.0355. The highest BCUT2D eigenvalue weighted by Gasteiger charge is 2.20. The fourth-order valence-electron chi connectivity index (χ4n) is 3.88. The summed E-state index contributed by atoms with van der Waals surface area (Å²) in [6.07, 6.45) is 4.32. The molecule has 1 saturated heterocycles. The quantitative estimate of drug-likeness (QED) is 0.484. The Morgan fingerprint density at radius 1 is 1.09 bits per heavy atom. The van der Waals surface area contributed by atoms with Gasteiger partial charge in [0.1, 0.15) is 5.69 Å². The molecule has 1 atom stereocenters. The second kappa shape index (κ2) is 9.05. The van der Waals surface area contributed by atoms with E-state index < -0.39 is 0 Å². The van der Waals surface area contributed by atoms with E-state index in [1.54, 1.807) is 22.9 Å². The van der Waals surface area contributed by atoms with Gasteiger partial charge in [-0.05, 0) is 44.2 Å². The number of ether oxygens (including phenoxy) is 1. The van der Waals surface area contributed by atoms with Gasteiger partial charge in [0.05, 0.1) is 30.2 Å². The van der Waals surface area contributed by atoms with Gasteiger partial charge < -0.3 is 19.0 Å². The maximum absolute atomic E-state index is 12.4. The van der Waals surface area contributed by atoms with Crippen molar-refractivity contribution in [1.29, 1.82) is 0 Å². The molecule has 0 bridgehead atoms. The third-order valence-electron chi connectivity index (χ3n) is 5.70. The van der Waals surface area contributed by atoms with E-state index in [4.69, 9.17) is 14.1 Å². The third-order valence-corrected chi connectivity index (χ3v) is 5.70. The molecule has 0 radical (unpaired) electrons. The lowest BCUT2D eigenvalue weighted by Gasteiger charge is -2.13. The van der Waals surface area contributed by atoms with Crippen molar-refractivity contribution in [2.45, 2.75) is 25.9 Å². The van der Waals surface area contributed by atoms with Crippen molar-refractivity contribution in [2.75, 3.05) is 20.3 Å². The second-order valence-electron chi connectivity index (χ2n) is 8.01. The summed E-state index contributed by atoms with van der Waals surface area (Å²) in [6.45, 7) is 3.83. The zero-order valence-electron chi connectivity index (χ0n) is 18.5. The summed E-state index contributed by atoms with van der Waals surface area (Å²) in [5.74, 6) is 0.719. The Balaban J connectivity index is 1.46. The first-order valence-electron chi connectivity index (χ1n) is 10.8. The predicted molar refractivity (Wildman–Crippen MR) is 122 cm³/mol. The van der Waals surface area contributed by atoms with Crippen LogP contribution in [0.1, 0.15) is 23.7 Å². The van der Waals surface area contributed by atoms with Crippen LogP contribution in [-0.2, 0) is 11.3 Å². The summed E-state index contributed by atoms with van der Waals surface area (Å²) < 4.78 is 13.1. The molecule has 0 saturated carbocycles. The Bertz CT molecular complexity index is 1320. The van der Waals surface area contributed by atoms with Crippen LogP contribution in [0.4, 0.5) is 0 Å². The predicted octanol–water partition coefficient (Wildman–Crippen LogP) is 3.01. The molecule has 9 nitrogen and oxygen atoms in total. The smallest absolute Gasteiger partial charge is 0.268 e. The fraction of sp³-hybridized carbons (Fsp3) is 0.292. The van der Waals surface area contributed by atoms with E-state index in [1.165, 1.54) is 5.56 Å². The number of nitrogens with zero attached hydrogens (tertiary/aromatic N) is 5. The van der Waals surface area contributed by atoms with Crippen LogP contribution in [-0.4, -0.2) is 45.0 Å². The largest absolute Gasteiger partial charge is 0.415 e. The van der Waals surface area contributed by atoms with E-state index in [0.717, 1.165) is 24.1 Å². The molecule has 4 heterocycles. The van der Waals surface area contributed by atoms with Crippen LogP contribution >= 0.6 is 0 Å². The van der Waals surface area contributed by atoms with E-state index in [9.17, 15) is 4.79 Å². The lowest BCUT2D eigenvalue weighted by molar-refractivity contribution is 0.186. The molecule has 9 heteroatoms. The fourth-order valence-corrected chi connectivity index (χ4v) is 3.88. The minimum Gasteiger partial charge on any atom is -0.415 e. The van der Waals surface area contributed by atoms with Gasteiger partial charge in [-0.15, -0.1) is 10.2 Å². The van der Waals surface area contributed by atoms with Crippen molar-refractivity contribution in [3.8, 4) is 34.3 Å². The zero-order chi connectivity index (χ0) is 22.8. The van der Waals surface area contributed by atoms with Crippen molar-refractivity contribution in [1.82, 2.24) is 30.0 Å². The van der Waals surface area contributed by atoms with Gasteiger partial charge in [-0.25, -0.2) is 4.98 Å². The number of aryl methyl sites for hydroxylation is 1. The minimum atomic E-state index is -0.0585. The highest BCUT2D eigenvalue weighted by Crippen LogP contribution is 2.27. The molecule has 1 N–H and O–H groups in total. The first-order chi connectivity index (χ1) is 16.1. The lowest BCUT2D eigenvalue weighted by Crippen LogP contribution is -2.23. The average Bonchev–Trinajstić information content (AvgIpc) is 3.53. The summed E-state index contributed by atoms with van der Waals surface area (Å²) in [6, 6.07) is 11.3. The standard InChI is InChI=1S/C24H24N6O3/c1-15-22(24-29-28-23(33-24)17-5-3-16(4-6-17)11-25-2)27-20(12-26-15)18-7-8-21(31)30(13-18)19-9-10-32-14-19/h3-8,12-13,19,25H,9-11,14H2,1-2H3. The normalized spacial score (nSPS) is 15.8. The molecule has 0 aliphatic carbocycles. The molecule has 0 amide bonds. The van der Waals surface area contributed by atoms with E-state index in [-0.39, 0.29) is 11.6 Å². The number of hydrogen-bond donors (Lipinski definition) is 1. The monoisotopic (exact) mass is 444 g/mol. The number of pyridine rings is 1. The van der Waals surface area contributed by atoms with Crippen molar-refractivity contribution in [3.63, 3.8) is 0 Å². The number of benzene rings is 1. The Kier molecular flexibility index (Phi) is 5.80. The molecule has 0 spiro atoms. The van der Waals surface area contributed by atoms with Crippen molar-refractivity contribution < 1.29 is 9.15 Å². The van der Waals surface area contributed by atoms with Gasteiger partial charge >= 0.3 is 0 Å². The molecule has 1 unspecified atom stereocenters. The SMILES string of the molecule is CNCc1ccc(-c2nnc(-c3nc(-c4ccc(=O)n(C5CCOC5)c4)cnc3C)o2)cc1. The van der Waals surface area contributed by atoms with Crippen molar-refractivity contribution in [3.05, 3.63) is 70.4 Å². The molecule has 33 heavy (non-hydrogen) atoms. The maximum atomic E-state index is 12.4. The van der Waals surface area contributed by atoms with E-state index in [1.807, 2.05) is 44.4 Å². The third kappa shape index (κ3) is 4.33.